The lowest BCUT2D eigenvalue weighted by Crippen LogP contribution is -2.49. The molecule has 1 saturated heterocycles. The molecule has 7 nitrogen and oxygen atoms in total. The zero-order valence-electron chi connectivity index (χ0n) is 18.5. The van der Waals surface area contributed by atoms with Gasteiger partial charge in [-0.2, -0.15) is 0 Å². The highest BCUT2D eigenvalue weighted by Gasteiger charge is 2.42. The molecular formula is C22H35N3O4S. The standard InChI is InChI=1S/C22H35N3O4S/c1-15(2)21(27)25-17(20(26)24-12-8-6-5-7-11-23)14-30-22(25)16-9-10-18(28-3)19(13-16)29-4/h9-10,13,15,17,22H,5-8,11-12,14,23H2,1-4H3,(H,24,26). The van der Waals surface area contributed by atoms with Crippen molar-refractivity contribution in [3.63, 3.8) is 0 Å². The molecule has 2 unspecified atom stereocenters. The maximum Gasteiger partial charge on any atom is 0.243 e. The molecule has 0 saturated carbocycles. The van der Waals surface area contributed by atoms with Gasteiger partial charge in [-0.25, -0.2) is 0 Å². The minimum Gasteiger partial charge on any atom is -0.493 e. The van der Waals surface area contributed by atoms with Crippen LogP contribution in [-0.4, -0.2) is 55.8 Å². The monoisotopic (exact) mass is 437 g/mol. The first kappa shape index (κ1) is 24.3. The molecule has 0 aromatic heterocycles. The molecule has 2 amide bonds. The summed E-state index contributed by atoms with van der Waals surface area (Å²) < 4.78 is 10.7. The Balaban J connectivity index is 2.13. The molecular weight excluding hydrogens is 402 g/mol. The third-order valence-electron chi connectivity index (χ3n) is 5.17. The molecule has 2 rings (SSSR count). The van der Waals surface area contributed by atoms with Crippen LogP contribution in [0, 0.1) is 5.92 Å². The summed E-state index contributed by atoms with van der Waals surface area (Å²) in [4.78, 5) is 27.7. The van der Waals surface area contributed by atoms with Crippen molar-refractivity contribution in [3.05, 3.63) is 23.8 Å². The summed E-state index contributed by atoms with van der Waals surface area (Å²) in [6, 6.07) is 5.17. The molecule has 2 atom stereocenters. The number of thioether (sulfide) groups is 1. The summed E-state index contributed by atoms with van der Waals surface area (Å²) >= 11 is 1.60. The van der Waals surface area contributed by atoms with Gasteiger partial charge in [0.05, 0.1) is 14.2 Å². The van der Waals surface area contributed by atoms with Crippen LogP contribution in [0.4, 0.5) is 0 Å². The first-order valence-electron chi connectivity index (χ1n) is 10.6. The predicted octanol–water partition coefficient (Wildman–Crippen LogP) is 2.94. The average molecular weight is 438 g/mol. The highest BCUT2D eigenvalue weighted by molar-refractivity contribution is 7.99. The molecule has 1 aliphatic rings. The summed E-state index contributed by atoms with van der Waals surface area (Å²) in [6.07, 6.45) is 4.05. The maximum absolute atomic E-state index is 13.0. The highest BCUT2D eigenvalue weighted by atomic mass is 32.2. The van der Waals surface area contributed by atoms with E-state index < -0.39 is 6.04 Å². The van der Waals surface area contributed by atoms with Crippen molar-refractivity contribution in [2.24, 2.45) is 11.7 Å². The zero-order chi connectivity index (χ0) is 22.1. The number of methoxy groups -OCH3 is 2. The summed E-state index contributed by atoms with van der Waals surface area (Å²) in [5.41, 5.74) is 6.43. The fourth-order valence-corrected chi connectivity index (χ4v) is 4.92. The topological polar surface area (TPSA) is 93.9 Å². The van der Waals surface area contributed by atoms with E-state index in [9.17, 15) is 9.59 Å². The van der Waals surface area contributed by atoms with Gasteiger partial charge in [0.1, 0.15) is 11.4 Å². The second-order valence-electron chi connectivity index (χ2n) is 7.71. The van der Waals surface area contributed by atoms with E-state index in [-0.39, 0.29) is 23.1 Å². The van der Waals surface area contributed by atoms with E-state index in [2.05, 4.69) is 5.32 Å². The van der Waals surface area contributed by atoms with Gasteiger partial charge in [0.15, 0.2) is 11.5 Å². The van der Waals surface area contributed by atoms with Crippen LogP contribution in [0.25, 0.3) is 0 Å². The third-order valence-corrected chi connectivity index (χ3v) is 6.50. The van der Waals surface area contributed by atoms with Crippen LogP contribution in [0.15, 0.2) is 18.2 Å². The van der Waals surface area contributed by atoms with Crippen LogP contribution in [0.1, 0.15) is 50.5 Å². The van der Waals surface area contributed by atoms with Crippen molar-refractivity contribution in [2.45, 2.75) is 50.9 Å². The van der Waals surface area contributed by atoms with Gasteiger partial charge in [-0.3, -0.25) is 9.59 Å². The Labute approximate surface area is 184 Å². The molecule has 0 spiro atoms. The summed E-state index contributed by atoms with van der Waals surface area (Å²) in [7, 11) is 3.18. The first-order chi connectivity index (χ1) is 14.4. The molecule has 1 heterocycles. The van der Waals surface area contributed by atoms with E-state index >= 15 is 0 Å². The molecule has 8 heteroatoms. The van der Waals surface area contributed by atoms with Crippen molar-refractivity contribution in [3.8, 4) is 11.5 Å². The van der Waals surface area contributed by atoms with Crippen LogP contribution >= 0.6 is 11.8 Å². The van der Waals surface area contributed by atoms with Crippen LogP contribution in [0.5, 0.6) is 11.5 Å². The van der Waals surface area contributed by atoms with Gasteiger partial charge >= 0.3 is 0 Å². The van der Waals surface area contributed by atoms with E-state index in [0.717, 1.165) is 31.2 Å². The largest absolute Gasteiger partial charge is 0.493 e. The van der Waals surface area contributed by atoms with Gasteiger partial charge in [-0.05, 0) is 37.1 Å². The number of hydrogen-bond acceptors (Lipinski definition) is 6. The molecule has 1 aromatic carbocycles. The lowest BCUT2D eigenvalue weighted by molar-refractivity contribution is -0.142. The Kier molecular flexibility index (Phi) is 9.78. The predicted molar refractivity (Wildman–Crippen MR) is 121 cm³/mol. The molecule has 1 fully saturated rings. The van der Waals surface area contributed by atoms with Gasteiger partial charge in [-0.15, -0.1) is 11.8 Å². The molecule has 168 valence electrons. The van der Waals surface area contributed by atoms with Gasteiger partial charge in [0.2, 0.25) is 11.8 Å². The average Bonchev–Trinajstić information content (AvgIpc) is 3.19. The molecule has 0 aliphatic carbocycles. The Morgan fingerprint density at radius 2 is 1.87 bits per heavy atom. The molecule has 1 aromatic rings. The Bertz CT molecular complexity index is 714. The smallest absolute Gasteiger partial charge is 0.243 e. The van der Waals surface area contributed by atoms with Gasteiger partial charge in [-0.1, -0.05) is 32.8 Å². The number of nitrogens with two attached hydrogens (primary N) is 1. The number of ether oxygens (including phenoxy) is 2. The molecule has 3 N–H and O–H groups in total. The number of amides is 2. The molecule has 0 radical (unpaired) electrons. The Morgan fingerprint density at radius 3 is 2.50 bits per heavy atom. The van der Waals surface area contributed by atoms with Crippen LogP contribution < -0.4 is 20.5 Å². The minimum atomic E-state index is -0.480. The zero-order valence-corrected chi connectivity index (χ0v) is 19.3. The second-order valence-corrected chi connectivity index (χ2v) is 8.82. The summed E-state index contributed by atoms with van der Waals surface area (Å²) in [5.74, 6) is 1.50. The van der Waals surface area contributed by atoms with Crippen molar-refractivity contribution in [2.75, 3.05) is 33.1 Å². The SMILES string of the molecule is COc1ccc(C2SCC(C(=O)NCCCCCCN)N2C(=O)C(C)C)cc1OC. The van der Waals surface area contributed by atoms with E-state index in [1.807, 2.05) is 32.0 Å². The number of benzene rings is 1. The van der Waals surface area contributed by atoms with Gasteiger partial charge in [0.25, 0.3) is 0 Å². The van der Waals surface area contributed by atoms with E-state index in [1.165, 1.54) is 0 Å². The fourth-order valence-electron chi connectivity index (χ4n) is 3.49. The fraction of sp³-hybridized carbons (Fsp3) is 0.636. The quantitative estimate of drug-likeness (QED) is 0.517. The lowest BCUT2D eigenvalue weighted by Gasteiger charge is -2.30. The second kappa shape index (κ2) is 12.1. The van der Waals surface area contributed by atoms with Crippen molar-refractivity contribution in [1.29, 1.82) is 0 Å². The van der Waals surface area contributed by atoms with E-state index in [1.54, 1.807) is 30.9 Å². The maximum atomic E-state index is 13.0. The molecule has 0 bridgehead atoms. The van der Waals surface area contributed by atoms with Crippen molar-refractivity contribution < 1.29 is 19.1 Å². The van der Waals surface area contributed by atoms with Crippen LogP contribution in [-0.2, 0) is 9.59 Å². The number of nitrogens with one attached hydrogen (secondary N) is 1. The number of carbonyl (C=O) groups excluding carboxylic acids is 2. The normalized spacial score (nSPS) is 18.5. The summed E-state index contributed by atoms with van der Waals surface area (Å²) in [5, 5.41) is 2.78. The van der Waals surface area contributed by atoms with E-state index in [0.29, 0.717) is 30.3 Å². The lowest BCUT2D eigenvalue weighted by atomic mass is 10.1. The first-order valence-corrected chi connectivity index (χ1v) is 11.6. The van der Waals surface area contributed by atoms with Crippen molar-refractivity contribution in [1.82, 2.24) is 10.2 Å². The molecule has 1 aliphatic heterocycles. The van der Waals surface area contributed by atoms with Gasteiger partial charge < -0.3 is 25.4 Å². The van der Waals surface area contributed by atoms with Crippen LogP contribution in [0.2, 0.25) is 0 Å². The van der Waals surface area contributed by atoms with Crippen molar-refractivity contribution >= 4 is 23.6 Å². The number of nitrogens with zero attached hydrogens (tertiary/aromatic N) is 1. The Morgan fingerprint density at radius 1 is 1.17 bits per heavy atom. The minimum absolute atomic E-state index is 0.0251. The number of rotatable bonds is 11. The Hall–Kier alpha value is -1.93. The number of hydrogen-bond donors (Lipinski definition) is 2. The number of carbonyl (C=O) groups is 2. The van der Waals surface area contributed by atoms with Crippen LogP contribution in [0.3, 0.4) is 0 Å². The third kappa shape index (κ3) is 6.04. The molecule has 30 heavy (non-hydrogen) atoms. The highest BCUT2D eigenvalue weighted by Crippen LogP contribution is 2.44. The summed E-state index contributed by atoms with van der Waals surface area (Å²) in [6.45, 7) is 5.05. The van der Waals surface area contributed by atoms with E-state index in [4.69, 9.17) is 15.2 Å². The number of unbranched alkanes of at least 4 members (excludes halogenated alkanes) is 3. The van der Waals surface area contributed by atoms with Gasteiger partial charge in [0, 0.05) is 18.2 Å².